The van der Waals surface area contributed by atoms with Crippen molar-refractivity contribution in [3.8, 4) is 0 Å². The summed E-state index contributed by atoms with van der Waals surface area (Å²) in [4.78, 5) is 10.8. The molecule has 8 heteroatoms. The van der Waals surface area contributed by atoms with Crippen LogP contribution < -0.4 is 22.2 Å². The standard InChI is InChI=1S/C9H13N7O/c1-12-9(17)16-14-7-4-2-6(3-5-7)13-15-8(10)11/h2-5,13H,1H3,(H,12,17)(H4,10,11,15). The summed E-state index contributed by atoms with van der Waals surface area (Å²) in [6.07, 6.45) is 0. The molecule has 0 heterocycles. The number of anilines is 1. The van der Waals surface area contributed by atoms with Gasteiger partial charge >= 0.3 is 6.03 Å². The number of guanidine groups is 1. The maximum Gasteiger partial charge on any atom is 0.359 e. The minimum atomic E-state index is -0.507. The Hall–Kier alpha value is -2.64. The Balaban J connectivity index is 2.65. The van der Waals surface area contributed by atoms with E-state index in [1.165, 1.54) is 7.05 Å². The zero-order chi connectivity index (χ0) is 12.7. The quantitative estimate of drug-likeness (QED) is 0.266. The van der Waals surface area contributed by atoms with Crippen LogP contribution in [0.25, 0.3) is 0 Å². The molecular formula is C9H13N7O. The van der Waals surface area contributed by atoms with E-state index in [1.807, 2.05) is 0 Å². The molecule has 0 atom stereocenters. The summed E-state index contributed by atoms with van der Waals surface area (Å²) in [7, 11) is 1.48. The Morgan fingerprint density at radius 1 is 1.24 bits per heavy atom. The number of nitrogens with two attached hydrogens (primary N) is 2. The van der Waals surface area contributed by atoms with Crippen LogP contribution >= 0.6 is 0 Å². The number of amides is 2. The summed E-state index contributed by atoms with van der Waals surface area (Å²) < 4.78 is 0. The molecule has 17 heavy (non-hydrogen) atoms. The zero-order valence-corrected chi connectivity index (χ0v) is 9.21. The molecule has 8 nitrogen and oxygen atoms in total. The molecule has 0 fully saturated rings. The number of nitrogens with zero attached hydrogens (tertiary/aromatic N) is 3. The molecule has 0 bridgehead atoms. The smallest absolute Gasteiger partial charge is 0.359 e. The van der Waals surface area contributed by atoms with Gasteiger partial charge in [-0.1, -0.05) is 5.11 Å². The highest BCUT2D eigenvalue weighted by Crippen LogP contribution is 2.16. The number of carbonyl (C=O) groups is 1. The summed E-state index contributed by atoms with van der Waals surface area (Å²) in [6, 6.07) is 6.22. The van der Waals surface area contributed by atoms with Crippen LogP contribution in [0.1, 0.15) is 0 Å². The van der Waals surface area contributed by atoms with E-state index in [0.717, 1.165) is 0 Å². The van der Waals surface area contributed by atoms with Gasteiger partial charge in [0.05, 0.1) is 11.4 Å². The molecule has 90 valence electrons. The van der Waals surface area contributed by atoms with Crippen molar-refractivity contribution in [3.63, 3.8) is 0 Å². The minimum absolute atomic E-state index is 0.0617. The Bertz CT molecular complexity index is 433. The highest BCUT2D eigenvalue weighted by atomic mass is 16.2. The molecule has 1 aromatic carbocycles. The normalized spacial score (nSPS) is 9.94. The first-order chi connectivity index (χ1) is 8.11. The maximum atomic E-state index is 10.8. The fourth-order valence-electron chi connectivity index (χ4n) is 0.885. The van der Waals surface area contributed by atoms with Crippen molar-refractivity contribution in [3.05, 3.63) is 24.3 Å². The first kappa shape index (κ1) is 12.4. The van der Waals surface area contributed by atoms with Crippen LogP contribution in [0.2, 0.25) is 0 Å². The van der Waals surface area contributed by atoms with Gasteiger partial charge in [-0.2, -0.15) is 0 Å². The SMILES string of the molecule is CNC(=O)N=Nc1ccc(NN=C(N)N)cc1. The number of urea groups is 1. The van der Waals surface area contributed by atoms with E-state index >= 15 is 0 Å². The third-order valence-corrected chi connectivity index (χ3v) is 1.65. The predicted octanol–water partition coefficient (Wildman–Crippen LogP) is 0.710. The monoisotopic (exact) mass is 235 g/mol. The zero-order valence-electron chi connectivity index (χ0n) is 9.21. The lowest BCUT2D eigenvalue weighted by molar-refractivity contribution is 0.250. The second-order valence-electron chi connectivity index (χ2n) is 2.95. The van der Waals surface area contributed by atoms with Crippen LogP contribution in [-0.4, -0.2) is 19.0 Å². The van der Waals surface area contributed by atoms with Crippen LogP contribution in [0.5, 0.6) is 0 Å². The van der Waals surface area contributed by atoms with Crippen LogP contribution in [0.4, 0.5) is 16.2 Å². The van der Waals surface area contributed by atoms with Gasteiger partial charge in [-0.25, -0.2) is 4.79 Å². The van der Waals surface area contributed by atoms with Gasteiger partial charge in [0.1, 0.15) is 0 Å². The van der Waals surface area contributed by atoms with Gasteiger partial charge in [0.25, 0.3) is 0 Å². The summed E-state index contributed by atoms with van der Waals surface area (Å²) in [6.45, 7) is 0. The largest absolute Gasteiger partial charge is 0.369 e. The molecule has 1 aromatic rings. The molecule has 0 spiro atoms. The van der Waals surface area contributed by atoms with Crippen LogP contribution in [0, 0.1) is 0 Å². The van der Waals surface area contributed by atoms with Crippen molar-refractivity contribution >= 4 is 23.4 Å². The van der Waals surface area contributed by atoms with E-state index in [4.69, 9.17) is 11.5 Å². The molecule has 0 aliphatic carbocycles. The molecule has 0 saturated carbocycles. The topological polar surface area (TPSA) is 130 Å². The Kier molecular flexibility index (Phi) is 4.43. The molecular weight excluding hydrogens is 222 g/mol. The summed E-state index contributed by atoms with van der Waals surface area (Å²) in [5.41, 5.74) is 14.2. The lowest BCUT2D eigenvalue weighted by atomic mass is 10.3. The molecule has 0 radical (unpaired) electrons. The first-order valence-corrected chi connectivity index (χ1v) is 4.70. The molecule has 0 aliphatic heterocycles. The summed E-state index contributed by atoms with van der Waals surface area (Å²) in [5, 5.41) is 13.1. The van der Waals surface area contributed by atoms with Crippen LogP contribution in [0.15, 0.2) is 39.6 Å². The van der Waals surface area contributed by atoms with Gasteiger partial charge in [-0.15, -0.1) is 10.2 Å². The number of nitrogens with one attached hydrogen (secondary N) is 2. The average molecular weight is 235 g/mol. The van der Waals surface area contributed by atoms with E-state index in [-0.39, 0.29) is 5.96 Å². The van der Waals surface area contributed by atoms with Gasteiger partial charge in [0.15, 0.2) is 0 Å². The van der Waals surface area contributed by atoms with Gasteiger partial charge in [-0.05, 0) is 24.3 Å². The Morgan fingerprint density at radius 2 is 1.88 bits per heavy atom. The van der Waals surface area contributed by atoms with Crippen LogP contribution in [0.3, 0.4) is 0 Å². The van der Waals surface area contributed by atoms with E-state index in [2.05, 4.69) is 26.1 Å². The van der Waals surface area contributed by atoms with Gasteiger partial charge in [0.2, 0.25) is 5.96 Å². The highest BCUT2D eigenvalue weighted by Gasteiger charge is 1.94. The summed E-state index contributed by atoms with van der Waals surface area (Å²) in [5.74, 6) is -0.0617. The van der Waals surface area contributed by atoms with Crippen molar-refractivity contribution in [1.29, 1.82) is 0 Å². The lowest BCUT2D eigenvalue weighted by Gasteiger charge is -2.00. The predicted molar refractivity (Wildman–Crippen MR) is 64.8 cm³/mol. The second kappa shape index (κ2) is 6.05. The Morgan fingerprint density at radius 3 is 2.41 bits per heavy atom. The first-order valence-electron chi connectivity index (χ1n) is 4.70. The fraction of sp³-hybridized carbons (Fsp3) is 0.111. The molecule has 6 N–H and O–H groups in total. The van der Waals surface area contributed by atoms with E-state index in [1.54, 1.807) is 24.3 Å². The molecule has 0 aliphatic rings. The third kappa shape index (κ3) is 4.60. The minimum Gasteiger partial charge on any atom is -0.369 e. The van der Waals surface area contributed by atoms with Gasteiger partial charge in [0, 0.05) is 7.05 Å². The number of carbonyl (C=O) groups excluding carboxylic acids is 1. The Labute approximate surface area is 97.8 Å². The third-order valence-electron chi connectivity index (χ3n) is 1.65. The molecule has 0 saturated heterocycles. The van der Waals surface area contributed by atoms with Gasteiger partial charge in [-0.3, -0.25) is 5.43 Å². The number of hydrazone groups is 1. The number of rotatable bonds is 3. The van der Waals surface area contributed by atoms with Gasteiger partial charge < -0.3 is 16.8 Å². The van der Waals surface area contributed by atoms with Crippen molar-refractivity contribution in [2.24, 2.45) is 26.8 Å². The maximum absolute atomic E-state index is 10.8. The van der Waals surface area contributed by atoms with E-state index in [0.29, 0.717) is 11.4 Å². The van der Waals surface area contributed by atoms with Crippen molar-refractivity contribution in [2.75, 3.05) is 12.5 Å². The van der Waals surface area contributed by atoms with E-state index in [9.17, 15) is 4.79 Å². The fourth-order valence-corrected chi connectivity index (χ4v) is 0.885. The number of hydrogen-bond acceptors (Lipinski definition) is 4. The average Bonchev–Trinajstić information content (AvgIpc) is 2.34. The highest BCUT2D eigenvalue weighted by molar-refractivity contribution is 5.76. The molecule has 2 amide bonds. The summed E-state index contributed by atoms with van der Waals surface area (Å²) >= 11 is 0. The molecule has 0 aromatic heterocycles. The van der Waals surface area contributed by atoms with E-state index < -0.39 is 6.03 Å². The van der Waals surface area contributed by atoms with Crippen LogP contribution in [-0.2, 0) is 0 Å². The second-order valence-corrected chi connectivity index (χ2v) is 2.95. The number of hydrogen-bond donors (Lipinski definition) is 4. The van der Waals surface area contributed by atoms with Crippen molar-refractivity contribution < 1.29 is 4.79 Å². The van der Waals surface area contributed by atoms with Crippen molar-refractivity contribution in [1.82, 2.24) is 5.32 Å². The number of benzene rings is 1. The lowest BCUT2D eigenvalue weighted by Crippen LogP contribution is -2.23. The van der Waals surface area contributed by atoms with Crippen molar-refractivity contribution in [2.45, 2.75) is 0 Å². The molecule has 0 unspecified atom stereocenters. The number of azo groups is 1. The molecule has 1 rings (SSSR count).